The van der Waals surface area contributed by atoms with Crippen LogP contribution in [0.15, 0.2) is 0 Å². The predicted octanol–water partition coefficient (Wildman–Crippen LogP) is 1.57. The minimum absolute atomic E-state index is 0.719. The first-order valence-electron chi connectivity index (χ1n) is 5.23. The predicted molar refractivity (Wildman–Crippen MR) is 52.9 cm³/mol. The van der Waals surface area contributed by atoms with E-state index in [-0.39, 0.29) is 0 Å². The highest BCUT2D eigenvalue weighted by Gasteiger charge is 2.29. The first kappa shape index (κ1) is 10.0. The summed E-state index contributed by atoms with van der Waals surface area (Å²) in [6.07, 6.45) is 6.10. The van der Waals surface area contributed by atoms with Gasteiger partial charge in [-0.1, -0.05) is 13.3 Å². The molecule has 1 N–H and O–H groups in total. The zero-order valence-electron chi connectivity index (χ0n) is 8.77. The van der Waals surface area contributed by atoms with Crippen LogP contribution in [0.5, 0.6) is 0 Å². The maximum Gasteiger partial charge on any atom is 0.142 e. The van der Waals surface area contributed by atoms with E-state index in [2.05, 4.69) is 26.3 Å². The van der Waals surface area contributed by atoms with E-state index in [1.54, 1.807) is 0 Å². The lowest BCUT2D eigenvalue weighted by molar-refractivity contribution is -0.917. The average molecular weight is 171 g/mol. The Morgan fingerprint density at radius 2 is 2.17 bits per heavy atom. The lowest BCUT2D eigenvalue weighted by atomic mass is 10.2. The lowest BCUT2D eigenvalue weighted by Crippen LogP contribution is -2.53. The Morgan fingerprint density at radius 3 is 2.67 bits per heavy atom. The average Bonchev–Trinajstić information content (AvgIpc) is 2.53. The summed E-state index contributed by atoms with van der Waals surface area (Å²) >= 11 is 0. The molecule has 0 aromatic heterocycles. The topological polar surface area (TPSA) is 12.0 Å². The first-order valence-corrected chi connectivity index (χ1v) is 5.23. The molecule has 0 aromatic rings. The molecule has 1 heterocycles. The molecule has 0 aliphatic carbocycles. The van der Waals surface area contributed by atoms with Gasteiger partial charge in [-0.2, -0.15) is 0 Å². The number of unbranched alkanes of at least 4 members (excludes halogenated alkanes) is 1. The van der Waals surface area contributed by atoms with E-state index in [4.69, 9.17) is 0 Å². The van der Waals surface area contributed by atoms with Crippen molar-refractivity contribution in [2.75, 3.05) is 27.2 Å². The summed E-state index contributed by atoms with van der Waals surface area (Å²) in [5.74, 6) is 0. The van der Waals surface area contributed by atoms with Crippen molar-refractivity contribution in [2.45, 2.75) is 38.8 Å². The third kappa shape index (κ3) is 2.46. The van der Waals surface area contributed by atoms with Crippen LogP contribution in [0.3, 0.4) is 0 Å². The molecule has 12 heavy (non-hydrogen) atoms. The molecular formula is C10H23N2+. The van der Waals surface area contributed by atoms with Crippen molar-refractivity contribution < 1.29 is 4.48 Å². The van der Waals surface area contributed by atoms with Gasteiger partial charge in [0.1, 0.15) is 6.17 Å². The smallest absolute Gasteiger partial charge is 0.142 e. The summed E-state index contributed by atoms with van der Waals surface area (Å²) in [6.45, 7) is 4.80. The molecule has 0 radical (unpaired) electrons. The largest absolute Gasteiger partial charge is 0.314 e. The number of nitrogens with zero attached hydrogens (tertiary/aromatic N) is 1. The molecular weight excluding hydrogens is 148 g/mol. The fourth-order valence-corrected chi connectivity index (χ4v) is 1.98. The Hall–Kier alpha value is -0.0800. The van der Waals surface area contributed by atoms with Gasteiger partial charge >= 0.3 is 0 Å². The first-order chi connectivity index (χ1) is 5.67. The Bertz CT molecular complexity index is 126. The van der Waals surface area contributed by atoms with Crippen molar-refractivity contribution in [1.29, 1.82) is 0 Å². The monoisotopic (exact) mass is 171 g/mol. The molecule has 1 fully saturated rings. The van der Waals surface area contributed by atoms with Crippen molar-refractivity contribution in [3.8, 4) is 0 Å². The minimum Gasteiger partial charge on any atom is -0.314 e. The van der Waals surface area contributed by atoms with Gasteiger partial charge in [0, 0.05) is 13.0 Å². The molecule has 1 unspecified atom stereocenters. The minimum atomic E-state index is 0.719. The molecule has 2 heteroatoms. The molecule has 0 spiro atoms. The van der Waals surface area contributed by atoms with Crippen LogP contribution in [0.25, 0.3) is 0 Å². The van der Waals surface area contributed by atoms with E-state index in [0.29, 0.717) is 0 Å². The maximum absolute atomic E-state index is 3.58. The van der Waals surface area contributed by atoms with E-state index >= 15 is 0 Å². The van der Waals surface area contributed by atoms with Crippen LogP contribution in [-0.2, 0) is 0 Å². The van der Waals surface area contributed by atoms with Crippen LogP contribution in [0, 0.1) is 0 Å². The Kier molecular flexibility index (Phi) is 3.53. The van der Waals surface area contributed by atoms with Gasteiger partial charge in [-0.15, -0.1) is 0 Å². The highest BCUT2D eigenvalue weighted by molar-refractivity contribution is 4.65. The molecule has 1 atom stereocenters. The zero-order valence-corrected chi connectivity index (χ0v) is 8.77. The standard InChI is InChI=1S/C10H23N2/c1-4-5-9-12(2,3)10-7-6-8-11-10/h10-11H,4-9H2,1-3H3/q+1. The summed E-state index contributed by atoms with van der Waals surface area (Å²) < 4.78 is 1.16. The van der Waals surface area contributed by atoms with Gasteiger partial charge in [0.05, 0.1) is 20.6 Å². The molecule has 0 saturated carbocycles. The lowest BCUT2D eigenvalue weighted by Gasteiger charge is -2.35. The second-order valence-corrected chi connectivity index (χ2v) is 4.47. The number of rotatable bonds is 4. The van der Waals surface area contributed by atoms with Gasteiger partial charge in [0.15, 0.2) is 0 Å². The van der Waals surface area contributed by atoms with E-state index < -0.39 is 0 Å². The van der Waals surface area contributed by atoms with Crippen molar-refractivity contribution >= 4 is 0 Å². The molecule has 1 saturated heterocycles. The second kappa shape index (κ2) is 4.24. The van der Waals surface area contributed by atoms with Crippen molar-refractivity contribution in [1.82, 2.24) is 5.32 Å². The molecule has 1 rings (SSSR count). The molecule has 2 nitrogen and oxygen atoms in total. The number of hydrogen-bond acceptors (Lipinski definition) is 1. The van der Waals surface area contributed by atoms with E-state index in [1.165, 1.54) is 38.8 Å². The fraction of sp³-hybridized carbons (Fsp3) is 1.00. The van der Waals surface area contributed by atoms with Crippen molar-refractivity contribution in [2.24, 2.45) is 0 Å². The van der Waals surface area contributed by atoms with Crippen LogP contribution in [-0.4, -0.2) is 37.8 Å². The second-order valence-electron chi connectivity index (χ2n) is 4.47. The quantitative estimate of drug-likeness (QED) is 0.633. The van der Waals surface area contributed by atoms with Crippen LogP contribution < -0.4 is 5.32 Å². The Labute approximate surface area is 76.5 Å². The number of hydrogen-bond donors (Lipinski definition) is 1. The molecule has 0 bridgehead atoms. The SMILES string of the molecule is CCCC[N+](C)(C)C1CCCN1. The summed E-state index contributed by atoms with van der Waals surface area (Å²) in [5.41, 5.74) is 0. The molecule has 0 amide bonds. The Morgan fingerprint density at radius 1 is 1.42 bits per heavy atom. The fourth-order valence-electron chi connectivity index (χ4n) is 1.98. The van der Waals surface area contributed by atoms with Gasteiger partial charge < -0.3 is 4.48 Å². The zero-order chi connectivity index (χ0) is 9.03. The van der Waals surface area contributed by atoms with Crippen molar-refractivity contribution in [3.63, 3.8) is 0 Å². The summed E-state index contributed by atoms with van der Waals surface area (Å²) in [6, 6.07) is 0. The summed E-state index contributed by atoms with van der Waals surface area (Å²) in [7, 11) is 4.69. The summed E-state index contributed by atoms with van der Waals surface area (Å²) in [5, 5.41) is 3.58. The van der Waals surface area contributed by atoms with Gasteiger partial charge in [-0.3, -0.25) is 5.32 Å². The molecule has 0 aromatic carbocycles. The van der Waals surface area contributed by atoms with Gasteiger partial charge in [0.2, 0.25) is 0 Å². The highest BCUT2D eigenvalue weighted by atomic mass is 15.4. The van der Waals surface area contributed by atoms with Crippen LogP contribution in [0.2, 0.25) is 0 Å². The molecule has 1 aliphatic rings. The van der Waals surface area contributed by atoms with Crippen molar-refractivity contribution in [3.05, 3.63) is 0 Å². The van der Waals surface area contributed by atoms with Crippen LogP contribution >= 0.6 is 0 Å². The Balaban J connectivity index is 2.34. The van der Waals surface area contributed by atoms with Crippen LogP contribution in [0.1, 0.15) is 32.6 Å². The van der Waals surface area contributed by atoms with Crippen LogP contribution in [0.4, 0.5) is 0 Å². The molecule has 1 aliphatic heterocycles. The number of nitrogens with one attached hydrogen (secondary N) is 1. The maximum atomic E-state index is 3.58. The van der Waals surface area contributed by atoms with E-state index in [1.807, 2.05) is 0 Å². The third-order valence-corrected chi connectivity index (χ3v) is 2.97. The third-order valence-electron chi connectivity index (χ3n) is 2.97. The van der Waals surface area contributed by atoms with Gasteiger partial charge in [-0.25, -0.2) is 0 Å². The van der Waals surface area contributed by atoms with E-state index in [0.717, 1.165) is 10.6 Å². The summed E-state index contributed by atoms with van der Waals surface area (Å²) in [4.78, 5) is 0. The highest BCUT2D eigenvalue weighted by Crippen LogP contribution is 2.15. The molecule has 72 valence electrons. The number of quaternary nitrogens is 1. The van der Waals surface area contributed by atoms with Gasteiger partial charge in [0.25, 0.3) is 0 Å². The van der Waals surface area contributed by atoms with E-state index in [9.17, 15) is 0 Å². The normalized spacial score (nSPS) is 24.8. The van der Waals surface area contributed by atoms with Gasteiger partial charge in [-0.05, 0) is 12.8 Å².